The van der Waals surface area contributed by atoms with Gasteiger partial charge in [-0.25, -0.2) is 0 Å². The smallest absolute Gasteiger partial charge is 0.248 e. The molecule has 1 aliphatic rings. The van der Waals surface area contributed by atoms with Gasteiger partial charge in [-0.2, -0.15) is 0 Å². The molecule has 1 saturated heterocycles. The molecule has 0 bridgehead atoms. The summed E-state index contributed by atoms with van der Waals surface area (Å²) in [5.74, 6) is -0.00914. The van der Waals surface area contributed by atoms with Crippen LogP contribution < -0.4 is 5.32 Å². The first-order valence-corrected chi connectivity index (χ1v) is 8.81. The van der Waals surface area contributed by atoms with E-state index >= 15 is 0 Å². The Morgan fingerprint density at radius 3 is 2.20 bits per heavy atom. The van der Waals surface area contributed by atoms with Gasteiger partial charge in [0.05, 0.1) is 0 Å². The van der Waals surface area contributed by atoms with Crippen LogP contribution >= 0.6 is 0 Å². The highest BCUT2D eigenvalue weighted by atomic mass is 16.2. The molecular formula is C21H24N2O2. The molecule has 4 nitrogen and oxygen atoms in total. The Morgan fingerprint density at radius 2 is 1.60 bits per heavy atom. The van der Waals surface area contributed by atoms with E-state index < -0.39 is 12.1 Å². The predicted octanol–water partition coefficient (Wildman–Crippen LogP) is 3.30. The Bertz CT molecular complexity index is 730. The van der Waals surface area contributed by atoms with Crippen molar-refractivity contribution in [2.75, 3.05) is 0 Å². The van der Waals surface area contributed by atoms with Crippen molar-refractivity contribution in [2.24, 2.45) is 5.92 Å². The first kappa shape index (κ1) is 17.2. The third-order valence-corrected chi connectivity index (χ3v) is 4.93. The van der Waals surface area contributed by atoms with Gasteiger partial charge in [-0.05, 0) is 17.0 Å². The summed E-state index contributed by atoms with van der Waals surface area (Å²) in [5.41, 5.74) is 1.86. The van der Waals surface area contributed by atoms with Crippen LogP contribution in [0.1, 0.15) is 37.4 Å². The number of piperazine rings is 1. The van der Waals surface area contributed by atoms with E-state index in [-0.39, 0.29) is 17.7 Å². The lowest BCUT2D eigenvalue weighted by Crippen LogP contribution is -2.60. The zero-order valence-corrected chi connectivity index (χ0v) is 14.7. The van der Waals surface area contributed by atoms with Crippen LogP contribution in [0.3, 0.4) is 0 Å². The largest absolute Gasteiger partial charge is 0.342 e. The number of carbonyl (C=O) groups is 2. The number of amides is 2. The normalized spacial score (nSPS) is 21.8. The summed E-state index contributed by atoms with van der Waals surface area (Å²) in [6, 6.07) is 18.3. The molecule has 1 N–H and O–H groups in total. The first-order valence-electron chi connectivity index (χ1n) is 8.81. The molecular weight excluding hydrogens is 312 g/mol. The van der Waals surface area contributed by atoms with Crippen molar-refractivity contribution in [1.82, 2.24) is 10.2 Å². The molecule has 1 fully saturated rings. The highest BCUT2D eigenvalue weighted by Gasteiger charge is 2.42. The molecule has 3 atom stereocenters. The molecule has 2 aromatic rings. The van der Waals surface area contributed by atoms with Gasteiger partial charge >= 0.3 is 0 Å². The van der Waals surface area contributed by atoms with E-state index in [1.807, 2.05) is 74.5 Å². The molecule has 0 saturated carbocycles. The molecule has 4 heteroatoms. The van der Waals surface area contributed by atoms with E-state index in [1.54, 1.807) is 4.90 Å². The lowest BCUT2D eigenvalue weighted by molar-refractivity contribution is -0.152. The molecule has 0 radical (unpaired) electrons. The van der Waals surface area contributed by atoms with E-state index in [9.17, 15) is 9.59 Å². The second-order valence-corrected chi connectivity index (χ2v) is 6.64. The van der Waals surface area contributed by atoms with Crippen LogP contribution in [0.25, 0.3) is 0 Å². The molecule has 3 rings (SSSR count). The van der Waals surface area contributed by atoms with Crippen LogP contribution in [0, 0.1) is 5.92 Å². The summed E-state index contributed by atoms with van der Waals surface area (Å²) in [6.45, 7) is 4.47. The van der Waals surface area contributed by atoms with Gasteiger partial charge in [0, 0.05) is 6.54 Å². The molecule has 2 aromatic carbocycles. The fourth-order valence-corrected chi connectivity index (χ4v) is 3.28. The van der Waals surface area contributed by atoms with Gasteiger partial charge in [-0.3, -0.25) is 9.59 Å². The maximum absolute atomic E-state index is 13.2. The molecule has 25 heavy (non-hydrogen) atoms. The SMILES string of the molecule is CCC(C)C1NC(=O)C(c2ccccc2)N(Cc2ccccc2)C1=O. The quantitative estimate of drug-likeness (QED) is 0.911. The summed E-state index contributed by atoms with van der Waals surface area (Å²) < 4.78 is 0. The monoisotopic (exact) mass is 336 g/mol. The lowest BCUT2D eigenvalue weighted by Gasteiger charge is -2.41. The molecule has 0 aliphatic carbocycles. The zero-order chi connectivity index (χ0) is 17.8. The summed E-state index contributed by atoms with van der Waals surface area (Å²) in [4.78, 5) is 27.8. The lowest BCUT2D eigenvalue weighted by atomic mass is 9.91. The van der Waals surface area contributed by atoms with Gasteiger partial charge in [0.25, 0.3) is 0 Å². The van der Waals surface area contributed by atoms with E-state index in [2.05, 4.69) is 5.32 Å². The summed E-state index contributed by atoms with van der Waals surface area (Å²) in [5, 5.41) is 2.95. The molecule has 3 unspecified atom stereocenters. The summed E-state index contributed by atoms with van der Waals surface area (Å²) >= 11 is 0. The molecule has 2 amide bonds. The molecule has 0 spiro atoms. The van der Waals surface area contributed by atoms with E-state index in [0.717, 1.165) is 17.5 Å². The van der Waals surface area contributed by atoms with Gasteiger partial charge in [0.2, 0.25) is 11.8 Å². The van der Waals surface area contributed by atoms with Crippen LogP contribution in [-0.4, -0.2) is 22.8 Å². The van der Waals surface area contributed by atoms with Gasteiger partial charge in [-0.15, -0.1) is 0 Å². The molecule has 1 aliphatic heterocycles. The maximum atomic E-state index is 13.2. The zero-order valence-electron chi connectivity index (χ0n) is 14.7. The highest BCUT2D eigenvalue weighted by Crippen LogP contribution is 2.29. The Balaban J connectivity index is 1.97. The van der Waals surface area contributed by atoms with Crippen LogP contribution in [0.2, 0.25) is 0 Å². The van der Waals surface area contributed by atoms with Crippen molar-refractivity contribution in [1.29, 1.82) is 0 Å². The van der Waals surface area contributed by atoms with Gasteiger partial charge < -0.3 is 10.2 Å². The van der Waals surface area contributed by atoms with Crippen LogP contribution in [0.15, 0.2) is 60.7 Å². The number of hydrogen-bond acceptors (Lipinski definition) is 2. The maximum Gasteiger partial charge on any atom is 0.248 e. The van der Waals surface area contributed by atoms with Crippen molar-refractivity contribution >= 4 is 11.8 Å². The average molecular weight is 336 g/mol. The van der Waals surface area contributed by atoms with Crippen LogP contribution in [0.5, 0.6) is 0 Å². The number of benzene rings is 2. The van der Waals surface area contributed by atoms with Crippen molar-refractivity contribution in [2.45, 2.75) is 38.9 Å². The minimum absolute atomic E-state index is 0.00773. The highest BCUT2D eigenvalue weighted by molar-refractivity contribution is 5.97. The third-order valence-electron chi connectivity index (χ3n) is 4.93. The van der Waals surface area contributed by atoms with Crippen molar-refractivity contribution in [3.63, 3.8) is 0 Å². The number of nitrogens with zero attached hydrogens (tertiary/aromatic N) is 1. The molecule has 130 valence electrons. The second kappa shape index (κ2) is 7.51. The Kier molecular flexibility index (Phi) is 5.17. The Morgan fingerprint density at radius 1 is 1.00 bits per heavy atom. The molecule has 1 heterocycles. The topological polar surface area (TPSA) is 49.4 Å². The average Bonchev–Trinajstić information content (AvgIpc) is 2.65. The van der Waals surface area contributed by atoms with Crippen molar-refractivity contribution in [3.05, 3.63) is 71.8 Å². The van der Waals surface area contributed by atoms with Gasteiger partial charge in [-0.1, -0.05) is 80.9 Å². The first-order chi connectivity index (χ1) is 12.1. The van der Waals surface area contributed by atoms with Crippen LogP contribution in [-0.2, 0) is 16.1 Å². The van der Waals surface area contributed by atoms with Crippen molar-refractivity contribution in [3.8, 4) is 0 Å². The van der Waals surface area contributed by atoms with Gasteiger partial charge in [0.15, 0.2) is 0 Å². The standard InChI is InChI=1S/C21H24N2O2/c1-3-15(2)18-21(25)23(14-16-10-6-4-7-11-16)19(20(24)22-18)17-12-8-5-9-13-17/h4-13,15,18-19H,3,14H2,1-2H3,(H,22,24). The number of nitrogens with one attached hydrogen (secondary N) is 1. The molecule has 0 aromatic heterocycles. The predicted molar refractivity (Wildman–Crippen MR) is 97.6 cm³/mol. The van der Waals surface area contributed by atoms with Crippen LogP contribution in [0.4, 0.5) is 0 Å². The number of hydrogen-bond donors (Lipinski definition) is 1. The fourth-order valence-electron chi connectivity index (χ4n) is 3.28. The summed E-state index contributed by atoms with van der Waals surface area (Å²) in [6.07, 6.45) is 0.839. The minimum atomic E-state index is -0.589. The number of rotatable bonds is 5. The van der Waals surface area contributed by atoms with E-state index in [4.69, 9.17) is 0 Å². The Labute approximate surface area is 148 Å². The van der Waals surface area contributed by atoms with E-state index in [1.165, 1.54) is 0 Å². The third kappa shape index (κ3) is 3.58. The van der Waals surface area contributed by atoms with E-state index in [0.29, 0.717) is 6.54 Å². The number of carbonyl (C=O) groups excluding carboxylic acids is 2. The minimum Gasteiger partial charge on any atom is -0.342 e. The summed E-state index contributed by atoms with van der Waals surface area (Å²) in [7, 11) is 0. The fraction of sp³-hybridized carbons (Fsp3) is 0.333. The van der Waals surface area contributed by atoms with Gasteiger partial charge in [0.1, 0.15) is 12.1 Å². The van der Waals surface area contributed by atoms with Crippen molar-refractivity contribution < 1.29 is 9.59 Å². The second-order valence-electron chi connectivity index (χ2n) is 6.64. The Hall–Kier alpha value is -2.62.